The van der Waals surface area contributed by atoms with Gasteiger partial charge in [0.05, 0.1) is 0 Å². The van der Waals surface area contributed by atoms with E-state index in [9.17, 15) is 9.59 Å². The fourth-order valence-electron chi connectivity index (χ4n) is 0.754. The normalized spacial score (nSPS) is 20.2. The Morgan fingerprint density at radius 1 is 1.75 bits per heavy atom. The number of esters is 1. The molecule has 1 aliphatic rings. The van der Waals surface area contributed by atoms with Crippen LogP contribution in [-0.2, 0) is 19.2 Å². The maximum atomic E-state index is 11.1. The van der Waals surface area contributed by atoms with Gasteiger partial charge in [-0.3, -0.25) is 9.59 Å². The predicted molar refractivity (Wildman–Crippen MR) is 39.6 cm³/mol. The summed E-state index contributed by atoms with van der Waals surface area (Å²) in [5.74, 6) is -0.732. The Kier molecular flexibility index (Phi) is 2.79. The molecule has 0 spiro atoms. The number of carbonyl (C=O) groups is 2. The second-order valence-electron chi connectivity index (χ2n) is 2.36. The van der Waals surface area contributed by atoms with Gasteiger partial charge in [0, 0.05) is 19.6 Å². The first-order valence-electron chi connectivity index (χ1n) is 3.54. The van der Waals surface area contributed by atoms with E-state index in [0.717, 1.165) is 0 Å². The van der Waals surface area contributed by atoms with Crippen molar-refractivity contribution in [3.8, 4) is 0 Å². The minimum absolute atomic E-state index is 0.233. The molecule has 1 heterocycles. The van der Waals surface area contributed by atoms with E-state index in [0.29, 0.717) is 6.42 Å². The Labute approximate surface area is 69.3 Å². The lowest BCUT2D eigenvalue weighted by atomic mass is 10.2. The van der Waals surface area contributed by atoms with Crippen LogP contribution < -0.4 is 0 Å². The molecule has 1 atom stereocenters. The minimum atomic E-state index is -0.565. The molecule has 0 unspecified atom stereocenters. The van der Waals surface area contributed by atoms with Crippen LogP contribution in [0.3, 0.4) is 0 Å². The molecule has 0 aliphatic carbocycles. The number of carbonyl (C=O) groups excluding carboxylic acids is 2. The summed E-state index contributed by atoms with van der Waals surface area (Å²) in [4.78, 5) is 26.1. The number of ether oxygens (including phenoxy) is 1. The van der Waals surface area contributed by atoms with Crippen LogP contribution in [0.1, 0.15) is 13.3 Å². The first kappa shape index (κ1) is 8.70. The molecule has 0 radical (unpaired) electrons. The molecule has 5 nitrogen and oxygen atoms in total. The SMILES string of the molecule is CC(=O)OCC(=O)[C@@H]1CC=NO1. The number of hydrogen-bond acceptors (Lipinski definition) is 5. The molecule has 66 valence electrons. The fraction of sp³-hybridized carbons (Fsp3) is 0.571. The molecule has 1 aliphatic heterocycles. The lowest BCUT2D eigenvalue weighted by Gasteiger charge is -2.05. The van der Waals surface area contributed by atoms with Crippen LogP contribution in [0, 0.1) is 0 Å². The van der Waals surface area contributed by atoms with E-state index in [1.807, 2.05) is 0 Å². The Balaban J connectivity index is 2.24. The van der Waals surface area contributed by atoms with Gasteiger partial charge >= 0.3 is 5.97 Å². The summed E-state index contributed by atoms with van der Waals surface area (Å²) < 4.78 is 4.49. The van der Waals surface area contributed by atoms with Crippen molar-refractivity contribution in [2.75, 3.05) is 6.61 Å². The monoisotopic (exact) mass is 171 g/mol. The molecule has 0 aromatic heterocycles. The first-order chi connectivity index (χ1) is 5.70. The molecule has 0 aromatic carbocycles. The Hall–Kier alpha value is -1.39. The highest BCUT2D eigenvalue weighted by molar-refractivity contribution is 5.88. The zero-order valence-electron chi connectivity index (χ0n) is 6.65. The summed E-state index contributed by atoms with van der Waals surface area (Å²) in [7, 11) is 0. The topological polar surface area (TPSA) is 65.0 Å². The van der Waals surface area contributed by atoms with E-state index in [1.165, 1.54) is 13.1 Å². The zero-order valence-corrected chi connectivity index (χ0v) is 6.65. The van der Waals surface area contributed by atoms with Crippen LogP contribution >= 0.6 is 0 Å². The van der Waals surface area contributed by atoms with Crippen LogP contribution in [0.25, 0.3) is 0 Å². The Morgan fingerprint density at radius 2 is 2.50 bits per heavy atom. The van der Waals surface area contributed by atoms with E-state index >= 15 is 0 Å². The lowest BCUT2D eigenvalue weighted by Crippen LogP contribution is -2.25. The van der Waals surface area contributed by atoms with Gasteiger partial charge < -0.3 is 9.57 Å². The Bertz CT molecular complexity index is 215. The molecular weight excluding hydrogens is 162 g/mol. The summed E-state index contributed by atoms with van der Waals surface area (Å²) in [6, 6.07) is 0. The molecule has 0 fully saturated rings. The molecule has 12 heavy (non-hydrogen) atoms. The van der Waals surface area contributed by atoms with Gasteiger partial charge in [0.1, 0.15) is 0 Å². The van der Waals surface area contributed by atoms with Crippen molar-refractivity contribution in [2.45, 2.75) is 19.4 Å². The van der Waals surface area contributed by atoms with Crippen molar-refractivity contribution in [1.29, 1.82) is 0 Å². The number of hydrogen-bond donors (Lipinski definition) is 0. The van der Waals surface area contributed by atoms with Crippen LogP contribution in [0.15, 0.2) is 5.16 Å². The van der Waals surface area contributed by atoms with Gasteiger partial charge in [-0.05, 0) is 0 Å². The van der Waals surface area contributed by atoms with Crippen molar-refractivity contribution in [2.24, 2.45) is 5.16 Å². The molecular formula is C7H9NO4. The molecule has 0 amide bonds. The molecule has 0 saturated carbocycles. The average molecular weight is 171 g/mol. The van der Waals surface area contributed by atoms with Gasteiger partial charge in [0.25, 0.3) is 0 Å². The highest BCUT2D eigenvalue weighted by atomic mass is 16.6. The van der Waals surface area contributed by atoms with Crippen molar-refractivity contribution < 1.29 is 19.2 Å². The predicted octanol–water partition coefficient (Wildman–Crippen LogP) is -0.107. The van der Waals surface area contributed by atoms with E-state index in [-0.39, 0.29) is 12.4 Å². The summed E-state index contributed by atoms with van der Waals surface area (Å²) in [5, 5.41) is 3.43. The third-order valence-corrected chi connectivity index (χ3v) is 1.36. The zero-order chi connectivity index (χ0) is 8.97. The highest BCUT2D eigenvalue weighted by Gasteiger charge is 2.23. The molecule has 0 bridgehead atoms. The van der Waals surface area contributed by atoms with Crippen molar-refractivity contribution in [1.82, 2.24) is 0 Å². The highest BCUT2D eigenvalue weighted by Crippen LogP contribution is 2.05. The largest absolute Gasteiger partial charge is 0.458 e. The number of oxime groups is 1. The van der Waals surface area contributed by atoms with Gasteiger partial charge in [0.15, 0.2) is 12.7 Å². The molecule has 1 rings (SSSR count). The van der Waals surface area contributed by atoms with Crippen LogP contribution in [0.4, 0.5) is 0 Å². The number of ketones is 1. The molecule has 0 N–H and O–H groups in total. The van der Waals surface area contributed by atoms with Crippen molar-refractivity contribution in [3.05, 3.63) is 0 Å². The quantitative estimate of drug-likeness (QED) is 0.556. The fourth-order valence-corrected chi connectivity index (χ4v) is 0.754. The van der Waals surface area contributed by atoms with Gasteiger partial charge in [-0.2, -0.15) is 0 Å². The third kappa shape index (κ3) is 2.34. The molecule has 0 saturated heterocycles. The molecule has 0 aromatic rings. The summed E-state index contributed by atoms with van der Waals surface area (Å²) in [5.41, 5.74) is 0. The van der Waals surface area contributed by atoms with Crippen LogP contribution in [0.5, 0.6) is 0 Å². The summed E-state index contributed by atoms with van der Waals surface area (Å²) in [6.45, 7) is 1.02. The number of nitrogens with zero attached hydrogens (tertiary/aromatic N) is 1. The smallest absolute Gasteiger partial charge is 0.303 e. The van der Waals surface area contributed by atoms with Crippen LogP contribution in [-0.4, -0.2) is 30.7 Å². The summed E-state index contributed by atoms with van der Waals surface area (Å²) in [6.07, 6.45) is 1.40. The minimum Gasteiger partial charge on any atom is -0.458 e. The van der Waals surface area contributed by atoms with E-state index in [1.54, 1.807) is 0 Å². The third-order valence-electron chi connectivity index (χ3n) is 1.36. The van der Waals surface area contributed by atoms with E-state index < -0.39 is 12.1 Å². The maximum absolute atomic E-state index is 11.1. The van der Waals surface area contributed by atoms with Gasteiger partial charge in [0.2, 0.25) is 5.78 Å². The second-order valence-corrected chi connectivity index (χ2v) is 2.36. The standard InChI is InChI=1S/C7H9NO4/c1-5(9)11-4-6(10)7-2-3-8-12-7/h3,7H,2,4H2,1H3/t7-/m0/s1. The average Bonchev–Trinajstić information content (AvgIpc) is 2.51. The van der Waals surface area contributed by atoms with E-state index in [4.69, 9.17) is 0 Å². The second kappa shape index (κ2) is 3.85. The van der Waals surface area contributed by atoms with E-state index in [2.05, 4.69) is 14.7 Å². The van der Waals surface area contributed by atoms with Crippen molar-refractivity contribution >= 4 is 18.0 Å². The van der Waals surface area contributed by atoms with Gasteiger partial charge in [-0.1, -0.05) is 5.16 Å². The first-order valence-corrected chi connectivity index (χ1v) is 3.54. The number of rotatable bonds is 3. The Morgan fingerprint density at radius 3 is 3.00 bits per heavy atom. The van der Waals surface area contributed by atoms with Gasteiger partial charge in [-0.15, -0.1) is 0 Å². The maximum Gasteiger partial charge on any atom is 0.303 e. The van der Waals surface area contributed by atoms with Gasteiger partial charge in [-0.25, -0.2) is 0 Å². The lowest BCUT2D eigenvalue weighted by molar-refractivity contribution is -0.148. The number of Topliss-reactive ketones (excluding diaryl/α,β-unsaturated/α-hetero) is 1. The van der Waals surface area contributed by atoms with Crippen LogP contribution in [0.2, 0.25) is 0 Å². The summed E-state index contributed by atoms with van der Waals surface area (Å²) >= 11 is 0. The van der Waals surface area contributed by atoms with Crippen molar-refractivity contribution in [3.63, 3.8) is 0 Å². The molecule has 5 heteroatoms.